The molecule has 20 heavy (non-hydrogen) atoms. The maximum absolute atomic E-state index is 12.1. The van der Waals surface area contributed by atoms with Gasteiger partial charge >= 0.3 is 0 Å². The predicted molar refractivity (Wildman–Crippen MR) is 78.3 cm³/mol. The van der Waals surface area contributed by atoms with E-state index in [1.54, 1.807) is 25.3 Å². The van der Waals surface area contributed by atoms with E-state index < -0.39 is 0 Å². The van der Waals surface area contributed by atoms with Gasteiger partial charge in [0.15, 0.2) is 0 Å². The monoisotopic (exact) mass is 298 g/mol. The van der Waals surface area contributed by atoms with Gasteiger partial charge < -0.3 is 15.2 Å². The number of methoxy groups -OCH3 is 1. The Labute approximate surface area is 123 Å². The molecule has 2 N–H and O–H groups in total. The van der Waals surface area contributed by atoms with Crippen molar-refractivity contribution in [3.05, 3.63) is 23.2 Å². The summed E-state index contributed by atoms with van der Waals surface area (Å²) in [6, 6.07) is 5.16. The van der Waals surface area contributed by atoms with E-state index in [2.05, 4.69) is 5.32 Å². The molecule has 0 saturated carbocycles. The van der Waals surface area contributed by atoms with Gasteiger partial charge in [0.2, 0.25) is 5.91 Å². The lowest BCUT2D eigenvalue weighted by Crippen LogP contribution is -2.38. The van der Waals surface area contributed by atoms with Crippen molar-refractivity contribution < 1.29 is 14.6 Å². The fraction of sp³-hybridized carbons (Fsp3) is 0.500. The summed E-state index contributed by atoms with van der Waals surface area (Å²) in [7, 11) is 1.54. The van der Waals surface area contributed by atoms with Crippen LogP contribution in [0.5, 0.6) is 5.75 Å². The van der Waals surface area contributed by atoms with Gasteiger partial charge in [0.05, 0.1) is 25.9 Å². The molecule has 5 nitrogen and oxygen atoms in total. The van der Waals surface area contributed by atoms with Crippen LogP contribution in [0.15, 0.2) is 18.2 Å². The van der Waals surface area contributed by atoms with E-state index in [-0.39, 0.29) is 25.1 Å². The van der Waals surface area contributed by atoms with Gasteiger partial charge in [-0.15, -0.1) is 0 Å². The normalized spacial score (nSPS) is 19.1. The summed E-state index contributed by atoms with van der Waals surface area (Å²) in [5, 5.41) is 12.6. The third kappa shape index (κ3) is 3.62. The minimum Gasteiger partial charge on any atom is -0.495 e. The van der Waals surface area contributed by atoms with Crippen molar-refractivity contribution in [2.24, 2.45) is 0 Å². The Balaban J connectivity index is 1.99. The molecule has 1 aliphatic rings. The largest absolute Gasteiger partial charge is 0.495 e. The van der Waals surface area contributed by atoms with E-state index in [0.717, 1.165) is 19.4 Å². The minimum absolute atomic E-state index is 0.0852. The first kappa shape index (κ1) is 15.1. The van der Waals surface area contributed by atoms with Gasteiger partial charge in [-0.25, -0.2) is 0 Å². The number of rotatable bonds is 5. The Kier molecular flexibility index (Phi) is 5.23. The van der Waals surface area contributed by atoms with Crippen molar-refractivity contribution in [3.63, 3.8) is 0 Å². The maximum Gasteiger partial charge on any atom is 0.238 e. The number of likely N-dealkylation sites (tertiary alicyclic amines) is 1. The fourth-order valence-electron chi connectivity index (χ4n) is 2.46. The van der Waals surface area contributed by atoms with Crippen molar-refractivity contribution in [2.45, 2.75) is 18.9 Å². The summed E-state index contributed by atoms with van der Waals surface area (Å²) in [5.41, 5.74) is 0.560. The Morgan fingerprint density at radius 3 is 3.10 bits per heavy atom. The number of halogens is 1. The average Bonchev–Trinajstić information content (AvgIpc) is 2.86. The van der Waals surface area contributed by atoms with Gasteiger partial charge in [-0.05, 0) is 37.6 Å². The molecular formula is C14H19ClN2O3. The number of hydrogen-bond acceptors (Lipinski definition) is 4. The van der Waals surface area contributed by atoms with Crippen molar-refractivity contribution in [1.29, 1.82) is 0 Å². The molecule has 1 fully saturated rings. The molecule has 0 unspecified atom stereocenters. The molecule has 1 aromatic rings. The molecule has 1 heterocycles. The number of ether oxygens (including phenoxy) is 1. The molecule has 1 saturated heterocycles. The third-order valence-electron chi connectivity index (χ3n) is 3.49. The fourth-order valence-corrected chi connectivity index (χ4v) is 2.63. The molecule has 0 bridgehead atoms. The zero-order valence-corrected chi connectivity index (χ0v) is 12.2. The van der Waals surface area contributed by atoms with Gasteiger partial charge in [-0.1, -0.05) is 11.6 Å². The summed E-state index contributed by atoms with van der Waals surface area (Å²) in [5.74, 6) is 0.439. The first-order valence-corrected chi connectivity index (χ1v) is 7.00. The van der Waals surface area contributed by atoms with Crippen LogP contribution in [0.2, 0.25) is 5.02 Å². The Morgan fingerprint density at radius 1 is 1.60 bits per heavy atom. The van der Waals surface area contributed by atoms with Crippen molar-refractivity contribution >= 4 is 23.2 Å². The Hall–Kier alpha value is -1.30. The second-order valence-corrected chi connectivity index (χ2v) is 5.28. The highest BCUT2D eigenvalue weighted by Crippen LogP contribution is 2.27. The van der Waals surface area contributed by atoms with E-state index in [1.165, 1.54) is 0 Å². The van der Waals surface area contributed by atoms with Crippen LogP contribution in [-0.4, -0.2) is 48.8 Å². The van der Waals surface area contributed by atoms with Crippen LogP contribution >= 0.6 is 11.6 Å². The van der Waals surface area contributed by atoms with E-state index >= 15 is 0 Å². The number of nitrogens with zero attached hydrogens (tertiary/aromatic N) is 1. The standard InChI is InChI=1S/C14H19ClN2O3/c1-20-13-5-4-10(15)7-12(13)16-14(19)8-17-6-2-3-11(17)9-18/h4-5,7,11,18H,2-3,6,8-9H2,1H3,(H,16,19)/t11-/m0/s1. The predicted octanol–water partition coefficient (Wildman–Crippen LogP) is 1.74. The zero-order valence-electron chi connectivity index (χ0n) is 11.4. The zero-order chi connectivity index (χ0) is 14.5. The van der Waals surface area contributed by atoms with Crippen LogP contribution in [0, 0.1) is 0 Å². The first-order valence-electron chi connectivity index (χ1n) is 6.62. The molecule has 1 aromatic carbocycles. The summed E-state index contributed by atoms with van der Waals surface area (Å²) in [6.07, 6.45) is 1.95. The molecule has 0 aliphatic carbocycles. The highest BCUT2D eigenvalue weighted by Gasteiger charge is 2.25. The van der Waals surface area contributed by atoms with E-state index in [0.29, 0.717) is 16.5 Å². The number of aliphatic hydroxyl groups is 1. The average molecular weight is 299 g/mol. The molecule has 0 radical (unpaired) electrons. The quantitative estimate of drug-likeness (QED) is 0.869. The number of carbonyl (C=O) groups excluding carboxylic acids is 1. The van der Waals surface area contributed by atoms with Crippen molar-refractivity contribution in [3.8, 4) is 5.75 Å². The van der Waals surface area contributed by atoms with E-state index in [1.807, 2.05) is 4.90 Å². The number of hydrogen-bond donors (Lipinski definition) is 2. The van der Waals surface area contributed by atoms with Crippen LogP contribution in [0.4, 0.5) is 5.69 Å². The van der Waals surface area contributed by atoms with Crippen molar-refractivity contribution in [2.75, 3.05) is 32.1 Å². The van der Waals surface area contributed by atoms with E-state index in [4.69, 9.17) is 16.3 Å². The number of nitrogens with one attached hydrogen (secondary N) is 1. The third-order valence-corrected chi connectivity index (χ3v) is 3.73. The second kappa shape index (κ2) is 6.92. The van der Waals surface area contributed by atoms with Crippen LogP contribution < -0.4 is 10.1 Å². The Morgan fingerprint density at radius 2 is 2.40 bits per heavy atom. The molecule has 2 rings (SSSR count). The van der Waals surface area contributed by atoms with Gasteiger partial charge in [-0.3, -0.25) is 9.69 Å². The second-order valence-electron chi connectivity index (χ2n) is 4.84. The number of carbonyl (C=O) groups is 1. The molecular weight excluding hydrogens is 280 g/mol. The van der Waals surface area contributed by atoms with Crippen molar-refractivity contribution in [1.82, 2.24) is 4.90 Å². The lowest BCUT2D eigenvalue weighted by atomic mass is 10.2. The topological polar surface area (TPSA) is 61.8 Å². The summed E-state index contributed by atoms with van der Waals surface area (Å²) >= 11 is 5.92. The molecule has 1 atom stereocenters. The molecule has 6 heteroatoms. The van der Waals surface area contributed by atoms with Crippen LogP contribution in [0.25, 0.3) is 0 Å². The maximum atomic E-state index is 12.1. The number of benzene rings is 1. The SMILES string of the molecule is COc1ccc(Cl)cc1NC(=O)CN1CCC[C@H]1CO. The smallest absolute Gasteiger partial charge is 0.238 e. The molecule has 0 spiro atoms. The van der Waals surface area contributed by atoms with Crippen LogP contribution in [0.3, 0.4) is 0 Å². The van der Waals surface area contributed by atoms with E-state index in [9.17, 15) is 9.90 Å². The molecule has 110 valence electrons. The lowest BCUT2D eigenvalue weighted by molar-refractivity contribution is -0.117. The molecule has 1 aliphatic heterocycles. The van der Waals surface area contributed by atoms with Gasteiger partial charge in [0, 0.05) is 11.1 Å². The Bertz CT molecular complexity index is 481. The number of amides is 1. The summed E-state index contributed by atoms with van der Waals surface area (Å²) in [6.45, 7) is 1.19. The first-order chi connectivity index (χ1) is 9.63. The highest BCUT2D eigenvalue weighted by molar-refractivity contribution is 6.31. The summed E-state index contributed by atoms with van der Waals surface area (Å²) in [4.78, 5) is 14.1. The number of aliphatic hydroxyl groups excluding tert-OH is 1. The van der Waals surface area contributed by atoms with Gasteiger partial charge in [-0.2, -0.15) is 0 Å². The molecule has 0 aromatic heterocycles. The van der Waals surface area contributed by atoms with Crippen LogP contribution in [-0.2, 0) is 4.79 Å². The van der Waals surface area contributed by atoms with Gasteiger partial charge in [0.1, 0.15) is 5.75 Å². The van der Waals surface area contributed by atoms with Gasteiger partial charge in [0.25, 0.3) is 0 Å². The van der Waals surface area contributed by atoms with Crippen LogP contribution in [0.1, 0.15) is 12.8 Å². The number of anilines is 1. The molecule has 1 amide bonds. The lowest BCUT2D eigenvalue weighted by Gasteiger charge is -2.22. The minimum atomic E-state index is -0.133. The summed E-state index contributed by atoms with van der Waals surface area (Å²) < 4.78 is 5.19. The highest BCUT2D eigenvalue weighted by atomic mass is 35.5.